The zero-order valence-corrected chi connectivity index (χ0v) is 14.4. The fourth-order valence-corrected chi connectivity index (χ4v) is 2.33. The third kappa shape index (κ3) is 3.53. The van der Waals surface area contributed by atoms with Crippen molar-refractivity contribution in [1.29, 1.82) is 0 Å². The van der Waals surface area contributed by atoms with E-state index in [1.165, 1.54) is 21.3 Å². The van der Waals surface area contributed by atoms with Crippen molar-refractivity contribution >= 4 is 11.6 Å². The van der Waals surface area contributed by atoms with E-state index in [0.717, 1.165) is 5.56 Å². The molecular formula is C18H21NO5. The van der Waals surface area contributed by atoms with Crippen molar-refractivity contribution in [3.05, 3.63) is 41.5 Å². The molecule has 0 atom stereocenters. The summed E-state index contributed by atoms with van der Waals surface area (Å²) in [5, 5.41) is 2.84. The predicted octanol–water partition coefficient (Wildman–Crippen LogP) is 3.28. The van der Waals surface area contributed by atoms with Crippen LogP contribution in [-0.4, -0.2) is 34.3 Å². The Morgan fingerprint density at radius 2 is 1.42 bits per heavy atom. The topological polar surface area (TPSA) is 66.0 Å². The van der Waals surface area contributed by atoms with E-state index >= 15 is 0 Å². The molecule has 0 aliphatic heterocycles. The van der Waals surface area contributed by atoms with Crippen LogP contribution in [0.1, 0.15) is 15.9 Å². The molecule has 128 valence electrons. The van der Waals surface area contributed by atoms with E-state index in [0.29, 0.717) is 34.2 Å². The van der Waals surface area contributed by atoms with Gasteiger partial charge in [-0.05, 0) is 36.8 Å². The van der Waals surface area contributed by atoms with Crippen molar-refractivity contribution < 1.29 is 23.7 Å². The van der Waals surface area contributed by atoms with Gasteiger partial charge in [0, 0.05) is 5.56 Å². The van der Waals surface area contributed by atoms with Gasteiger partial charge >= 0.3 is 0 Å². The summed E-state index contributed by atoms with van der Waals surface area (Å²) >= 11 is 0. The minimum absolute atomic E-state index is 0.307. The van der Waals surface area contributed by atoms with Gasteiger partial charge in [-0.3, -0.25) is 4.79 Å². The number of methoxy groups -OCH3 is 4. The number of aryl methyl sites for hydroxylation is 1. The highest BCUT2D eigenvalue weighted by Crippen LogP contribution is 2.38. The monoisotopic (exact) mass is 331 g/mol. The van der Waals surface area contributed by atoms with Gasteiger partial charge in [0.15, 0.2) is 11.5 Å². The van der Waals surface area contributed by atoms with Crippen LogP contribution >= 0.6 is 0 Å². The molecule has 0 radical (unpaired) electrons. The Hall–Kier alpha value is -2.89. The zero-order chi connectivity index (χ0) is 17.7. The standard InChI is InChI=1S/C18H21NO5/c1-11-6-7-14(21-2)13(8-11)19-18(20)12-9-15(22-3)17(24-5)16(10-12)23-4/h6-10H,1-5H3,(H,19,20). The molecule has 0 saturated carbocycles. The van der Waals surface area contributed by atoms with Crippen LogP contribution in [0.3, 0.4) is 0 Å². The molecule has 0 unspecified atom stereocenters. The van der Waals surface area contributed by atoms with Crippen LogP contribution in [0.25, 0.3) is 0 Å². The molecule has 0 aliphatic carbocycles. The largest absolute Gasteiger partial charge is 0.495 e. The van der Waals surface area contributed by atoms with Crippen LogP contribution in [0.2, 0.25) is 0 Å². The smallest absolute Gasteiger partial charge is 0.256 e. The van der Waals surface area contributed by atoms with Crippen molar-refractivity contribution in [3.63, 3.8) is 0 Å². The van der Waals surface area contributed by atoms with E-state index in [2.05, 4.69) is 5.32 Å². The van der Waals surface area contributed by atoms with Gasteiger partial charge in [0.25, 0.3) is 5.91 Å². The van der Waals surface area contributed by atoms with Gasteiger partial charge < -0.3 is 24.3 Å². The van der Waals surface area contributed by atoms with E-state index in [1.54, 1.807) is 25.3 Å². The van der Waals surface area contributed by atoms with Crippen molar-refractivity contribution in [3.8, 4) is 23.0 Å². The third-order valence-electron chi connectivity index (χ3n) is 3.53. The molecule has 0 spiro atoms. The van der Waals surface area contributed by atoms with Crippen molar-refractivity contribution in [2.75, 3.05) is 33.8 Å². The lowest BCUT2D eigenvalue weighted by Crippen LogP contribution is -2.13. The van der Waals surface area contributed by atoms with Gasteiger partial charge in [-0.15, -0.1) is 0 Å². The zero-order valence-electron chi connectivity index (χ0n) is 14.4. The van der Waals surface area contributed by atoms with Gasteiger partial charge in [-0.2, -0.15) is 0 Å². The van der Waals surface area contributed by atoms with Gasteiger partial charge in [-0.1, -0.05) is 6.07 Å². The summed E-state index contributed by atoms with van der Waals surface area (Å²) in [6.07, 6.45) is 0. The number of rotatable bonds is 6. The van der Waals surface area contributed by atoms with E-state index in [4.69, 9.17) is 18.9 Å². The molecule has 0 bridgehead atoms. The number of carbonyl (C=O) groups excluding carboxylic acids is 1. The summed E-state index contributed by atoms with van der Waals surface area (Å²) in [5.74, 6) is 1.54. The van der Waals surface area contributed by atoms with Crippen LogP contribution in [0, 0.1) is 6.92 Å². The second kappa shape index (κ2) is 7.59. The number of carbonyl (C=O) groups is 1. The van der Waals surface area contributed by atoms with E-state index in [9.17, 15) is 4.79 Å². The lowest BCUT2D eigenvalue weighted by Gasteiger charge is -2.15. The predicted molar refractivity (Wildman–Crippen MR) is 91.8 cm³/mol. The third-order valence-corrected chi connectivity index (χ3v) is 3.53. The van der Waals surface area contributed by atoms with Crippen LogP contribution in [0.4, 0.5) is 5.69 Å². The molecule has 0 aromatic heterocycles. The molecule has 1 amide bonds. The maximum Gasteiger partial charge on any atom is 0.256 e. The average molecular weight is 331 g/mol. The molecule has 0 saturated heterocycles. The Labute approximate surface area is 141 Å². The maximum absolute atomic E-state index is 12.6. The molecule has 2 rings (SSSR count). The first kappa shape index (κ1) is 17.5. The molecule has 1 N–H and O–H groups in total. The highest BCUT2D eigenvalue weighted by atomic mass is 16.5. The molecule has 6 heteroatoms. The maximum atomic E-state index is 12.6. The fourth-order valence-electron chi connectivity index (χ4n) is 2.33. The van der Waals surface area contributed by atoms with Crippen LogP contribution in [0.15, 0.2) is 30.3 Å². The van der Waals surface area contributed by atoms with Gasteiger partial charge in [0.2, 0.25) is 5.75 Å². The normalized spacial score (nSPS) is 10.0. The first-order valence-electron chi connectivity index (χ1n) is 7.30. The number of anilines is 1. The molecule has 0 heterocycles. The molecule has 6 nitrogen and oxygen atoms in total. The summed E-state index contributed by atoms with van der Waals surface area (Å²) in [6, 6.07) is 8.75. The molecule has 2 aromatic rings. The van der Waals surface area contributed by atoms with Crippen LogP contribution < -0.4 is 24.3 Å². The highest BCUT2D eigenvalue weighted by Gasteiger charge is 2.18. The highest BCUT2D eigenvalue weighted by molar-refractivity contribution is 6.05. The lowest BCUT2D eigenvalue weighted by atomic mass is 10.1. The Bertz CT molecular complexity index is 717. The number of hydrogen-bond acceptors (Lipinski definition) is 5. The van der Waals surface area contributed by atoms with Crippen LogP contribution in [-0.2, 0) is 0 Å². The van der Waals surface area contributed by atoms with Crippen LogP contribution in [0.5, 0.6) is 23.0 Å². The second-order valence-corrected chi connectivity index (χ2v) is 5.07. The average Bonchev–Trinajstić information content (AvgIpc) is 2.60. The summed E-state index contributed by atoms with van der Waals surface area (Å²) in [5.41, 5.74) is 1.99. The molecule has 2 aromatic carbocycles. The van der Waals surface area contributed by atoms with E-state index in [-0.39, 0.29) is 5.91 Å². The lowest BCUT2D eigenvalue weighted by molar-refractivity contribution is 0.102. The van der Waals surface area contributed by atoms with Crippen molar-refractivity contribution in [1.82, 2.24) is 0 Å². The molecular weight excluding hydrogens is 310 g/mol. The quantitative estimate of drug-likeness (QED) is 0.880. The first-order chi connectivity index (χ1) is 11.5. The molecule has 0 aliphatic rings. The minimum atomic E-state index is -0.307. The summed E-state index contributed by atoms with van der Waals surface area (Å²) in [4.78, 5) is 12.6. The number of benzene rings is 2. The number of ether oxygens (including phenoxy) is 4. The summed E-state index contributed by atoms with van der Waals surface area (Å²) < 4.78 is 21.1. The van der Waals surface area contributed by atoms with Crippen molar-refractivity contribution in [2.24, 2.45) is 0 Å². The Balaban J connectivity index is 2.38. The number of nitrogens with one attached hydrogen (secondary N) is 1. The van der Waals surface area contributed by atoms with Crippen molar-refractivity contribution in [2.45, 2.75) is 6.92 Å². The Kier molecular flexibility index (Phi) is 5.52. The fraction of sp³-hybridized carbons (Fsp3) is 0.278. The second-order valence-electron chi connectivity index (χ2n) is 5.07. The Morgan fingerprint density at radius 3 is 1.92 bits per heavy atom. The Morgan fingerprint density at radius 1 is 0.833 bits per heavy atom. The summed E-state index contributed by atoms with van der Waals surface area (Å²) in [7, 11) is 6.07. The van der Waals surface area contributed by atoms with E-state index in [1.807, 2.05) is 19.1 Å². The molecule has 24 heavy (non-hydrogen) atoms. The first-order valence-corrected chi connectivity index (χ1v) is 7.30. The van der Waals surface area contributed by atoms with E-state index < -0.39 is 0 Å². The van der Waals surface area contributed by atoms with Gasteiger partial charge in [-0.25, -0.2) is 0 Å². The SMILES string of the molecule is COc1ccc(C)cc1NC(=O)c1cc(OC)c(OC)c(OC)c1. The molecule has 0 fully saturated rings. The number of hydrogen-bond donors (Lipinski definition) is 1. The van der Waals surface area contributed by atoms with Gasteiger partial charge in [0.05, 0.1) is 34.1 Å². The minimum Gasteiger partial charge on any atom is -0.495 e. The number of amides is 1. The van der Waals surface area contributed by atoms with Gasteiger partial charge in [0.1, 0.15) is 5.75 Å². The summed E-state index contributed by atoms with van der Waals surface area (Å²) in [6.45, 7) is 1.94.